The second kappa shape index (κ2) is 7.12. The van der Waals surface area contributed by atoms with Crippen LogP contribution < -0.4 is 10.6 Å². The maximum Gasteiger partial charge on any atom is 0.407 e. The normalized spacial score (nSPS) is 21.4. The summed E-state index contributed by atoms with van der Waals surface area (Å²) in [4.78, 5) is 13.7. The quantitative estimate of drug-likeness (QED) is 0.893. The second-order valence-corrected chi connectivity index (χ2v) is 7.72. The van der Waals surface area contributed by atoms with E-state index in [-0.39, 0.29) is 18.2 Å². The zero-order valence-electron chi connectivity index (χ0n) is 13.3. The van der Waals surface area contributed by atoms with E-state index in [2.05, 4.69) is 16.7 Å². The lowest BCUT2D eigenvalue weighted by Gasteiger charge is -2.25. The number of carbonyl (C=O) groups excluding carboxylic acids is 1. The Kier molecular flexibility index (Phi) is 5.43. The average molecular weight is 321 g/mol. The van der Waals surface area contributed by atoms with Crippen LogP contribution in [0.3, 0.4) is 0 Å². The van der Waals surface area contributed by atoms with Gasteiger partial charge in [-0.1, -0.05) is 0 Å². The molecule has 1 aromatic heterocycles. The minimum Gasteiger partial charge on any atom is -0.444 e. The first kappa shape index (κ1) is 16.8. The van der Waals surface area contributed by atoms with Crippen LogP contribution in [0.4, 0.5) is 4.79 Å². The number of thiophene rings is 1. The zero-order chi connectivity index (χ0) is 16.2. The molecular weight excluding hydrogens is 298 g/mol. The van der Waals surface area contributed by atoms with Crippen LogP contribution in [0.2, 0.25) is 0 Å². The van der Waals surface area contributed by atoms with Gasteiger partial charge in [-0.15, -0.1) is 11.3 Å². The first-order chi connectivity index (χ1) is 10.4. The van der Waals surface area contributed by atoms with Gasteiger partial charge in [-0.3, -0.25) is 0 Å². The van der Waals surface area contributed by atoms with E-state index in [1.54, 1.807) is 0 Å². The number of alkyl carbamates (subject to hydrolysis) is 1. The third-order valence-electron chi connectivity index (χ3n) is 3.53. The van der Waals surface area contributed by atoms with Gasteiger partial charge in [-0.05, 0) is 52.2 Å². The SMILES string of the molecule is CC(C)(C)OC(=O)NC1CCCC1NCc1ccc(C#N)s1. The van der Waals surface area contributed by atoms with Crippen molar-refractivity contribution >= 4 is 17.4 Å². The molecule has 0 aromatic carbocycles. The van der Waals surface area contributed by atoms with Crippen LogP contribution in [0.5, 0.6) is 0 Å². The molecule has 2 unspecified atom stereocenters. The van der Waals surface area contributed by atoms with Crippen LogP contribution >= 0.6 is 11.3 Å². The summed E-state index contributed by atoms with van der Waals surface area (Å²) >= 11 is 1.50. The van der Waals surface area contributed by atoms with Crippen molar-refractivity contribution in [3.8, 4) is 6.07 Å². The Balaban J connectivity index is 1.83. The Morgan fingerprint density at radius 3 is 2.77 bits per heavy atom. The van der Waals surface area contributed by atoms with Gasteiger partial charge in [0.15, 0.2) is 0 Å². The summed E-state index contributed by atoms with van der Waals surface area (Å²) in [5.74, 6) is 0. The van der Waals surface area contributed by atoms with Crippen LogP contribution in [-0.2, 0) is 11.3 Å². The Morgan fingerprint density at radius 2 is 2.14 bits per heavy atom. The van der Waals surface area contributed by atoms with Crippen molar-refractivity contribution < 1.29 is 9.53 Å². The van der Waals surface area contributed by atoms with Crippen molar-refractivity contribution in [2.45, 2.75) is 64.3 Å². The van der Waals surface area contributed by atoms with Crippen molar-refractivity contribution in [3.63, 3.8) is 0 Å². The smallest absolute Gasteiger partial charge is 0.407 e. The predicted molar refractivity (Wildman–Crippen MR) is 86.7 cm³/mol. The number of hydrogen-bond acceptors (Lipinski definition) is 5. The van der Waals surface area contributed by atoms with Gasteiger partial charge in [0.25, 0.3) is 0 Å². The zero-order valence-corrected chi connectivity index (χ0v) is 14.1. The van der Waals surface area contributed by atoms with Gasteiger partial charge < -0.3 is 15.4 Å². The highest BCUT2D eigenvalue weighted by Gasteiger charge is 2.29. The maximum absolute atomic E-state index is 11.9. The number of ether oxygens (including phenoxy) is 1. The molecule has 0 saturated heterocycles. The molecule has 5 nitrogen and oxygen atoms in total. The summed E-state index contributed by atoms with van der Waals surface area (Å²) in [5.41, 5.74) is -0.476. The molecule has 2 atom stereocenters. The Labute approximate surface area is 135 Å². The molecule has 0 bridgehead atoms. The number of carbonyl (C=O) groups is 1. The fourth-order valence-corrected chi connectivity index (χ4v) is 3.36. The molecule has 1 heterocycles. The summed E-state index contributed by atoms with van der Waals surface area (Å²) < 4.78 is 5.32. The molecule has 2 rings (SSSR count). The molecule has 0 spiro atoms. The van der Waals surface area contributed by atoms with Crippen LogP contribution in [-0.4, -0.2) is 23.8 Å². The lowest BCUT2D eigenvalue weighted by atomic mass is 10.1. The molecule has 2 N–H and O–H groups in total. The van der Waals surface area contributed by atoms with Crippen LogP contribution in [0.25, 0.3) is 0 Å². The van der Waals surface area contributed by atoms with Crippen LogP contribution in [0.1, 0.15) is 49.8 Å². The molecule has 1 saturated carbocycles. The van der Waals surface area contributed by atoms with Crippen LogP contribution in [0.15, 0.2) is 12.1 Å². The topological polar surface area (TPSA) is 74.2 Å². The molecular formula is C16H23N3O2S. The number of amides is 1. The minimum absolute atomic E-state index is 0.102. The van der Waals surface area contributed by atoms with E-state index in [1.807, 2.05) is 32.9 Å². The van der Waals surface area contributed by atoms with Crippen molar-refractivity contribution in [1.29, 1.82) is 5.26 Å². The summed E-state index contributed by atoms with van der Waals surface area (Å²) in [7, 11) is 0. The number of rotatable bonds is 4. The highest BCUT2D eigenvalue weighted by atomic mass is 32.1. The second-order valence-electron chi connectivity index (χ2n) is 6.55. The van der Waals surface area contributed by atoms with Crippen molar-refractivity contribution in [2.24, 2.45) is 0 Å². The fourth-order valence-electron chi connectivity index (χ4n) is 2.60. The molecule has 1 aliphatic rings. The third-order valence-corrected chi connectivity index (χ3v) is 4.52. The highest BCUT2D eigenvalue weighted by molar-refractivity contribution is 7.12. The highest BCUT2D eigenvalue weighted by Crippen LogP contribution is 2.21. The number of hydrogen-bond donors (Lipinski definition) is 2. The molecule has 1 fully saturated rings. The fraction of sp³-hybridized carbons (Fsp3) is 0.625. The molecule has 22 heavy (non-hydrogen) atoms. The van der Waals surface area contributed by atoms with E-state index in [4.69, 9.17) is 10.00 Å². The van der Waals surface area contributed by atoms with E-state index in [0.29, 0.717) is 0 Å². The molecule has 6 heteroatoms. The van der Waals surface area contributed by atoms with Gasteiger partial charge in [-0.25, -0.2) is 4.79 Å². The van der Waals surface area contributed by atoms with Crippen LogP contribution in [0, 0.1) is 11.3 Å². The summed E-state index contributed by atoms with van der Waals surface area (Å²) in [6, 6.07) is 6.32. The molecule has 0 radical (unpaired) electrons. The number of nitriles is 1. The average Bonchev–Trinajstić information content (AvgIpc) is 3.02. The van der Waals surface area contributed by atoms with Crippen molar-refractivity contribution in [1.82, 2.24) is 10.6 Å². The van der Waals surface area contributed by atoms with Gasteiger partial charge in [0, 0.05) is 23.5 Å². The largest absolute Gasteiger partial charge is 0.444 e. The Morgan fingerprint density at radius 1 is 1.41 bits per heavy atom. The number of nitrogens with zero attached hydrogens (tertiary/aromatic N) is 1. The third kappa shape index (κ3) is 5.00. The summed E-state index contributed by atoms with van der Waals surface area (Å²) in [6.07, 6.45) is 2.74. The van der Waals surface area contributed by atoms with Crippen molar-refractivity contribution in [2.75, 3.05) is 0 Å². The van der Waals surface area contributed by atoms with Gasteiger partial charge >= 0.3 is 6.09 Å². The molecule has 120 valence electrons. The van der Waals surface area contributed by atoms with Gasteiger partial charge in [0.05, 0.1) is 0 Å². The minimum atomic E-state index is -0.476. The predicted octanol–water partition coefficient (Wildman–Crippen LogP) is 3.16. The van der Waals surface area contributed by atoms with E-state index < -0.39 is 5.60 Å². The summed E-state index contributed by atoms with van der Waals surface area (Å²) in [5, 5.41) is 15.3. The molecule has 1 aliphatic carbocycles. The summed E-state index contributed by atoms with van der Waals surface area (Å²) in [6.45, 7) is 6.31. The number of nitrogens with one attached hydrogen (secondary N) is 2. The van der Waals surface area contributed by atoms with Gasteiger partial charge in [0.2, 0.25) is 0 Å². The van der Waals surface area contributed by atoms with E-state index in [9.17, 15) is 4.79 Å². The van der Waals surface area contributed by atoms with Crippen molar-refractivity contribution in [3.05, 3.63) is 21.9 Å². The lowest BCUT2D eigenvalue weighted by Crippen LogP contribution is -2.47. The first-order valence-electron chi connectivity index (χ1n) is 7.59. The van der Waals surface area contributed by atoms with E-state index in [0.717, 1.165) is 35.6 Å². The first-order valence-corrected chi connectivity index (χ1v) is 8.41. The lowest BCUT2D eigenvalue weighted by molar-refractivity contribution is 0.0498. The standard InChI is InChI=1S/C16H23N3O2S/c1-16(2,3)21-15(20)19-14-6-4-5-13(14)18-10-12-8-7-11(9-17)22-12/h7-8,13-14,18H,4-6,10H2,1-3H3,(H,19,20). The van der Waals surface area contributed by atoms with Gasteiger partial charge in [0.1, 0.15) is 16.5 Å². The van der Waals surface area contributed by atoms with Gasteiger partial charge in [-0.2, -0.15) is 5.26 Å². The molecule has 1 aromatic rings. The van der Waals surface area contributed by atoms with E-state index >= 15 is 0 Å². The molecule has 0 aliphatic heterocycles. The maximum atomic E-state index is 11.9. The Bertz CT molecular complexity index is 556. The molecule has 1 amide bonds. The Hall–Kier alpha value is -1.58. The van der Waals surface area contributed by atoms with E-state index in [1.165, 1.54) is 11.3 Å². The monoisotopic (exact) mass is 321 g/mol.